The molecule has 1 saturated carbocycles. The first-order valence-corrected chi connectivity index (χ1v) is 8.00. The molecular formula is C16H29N3. The monoisotopic (exact) mass is 263 g/mol. The molecule has 0 spiro atoms. The van der Waals surface area contributed by atoms with Gasteiger partial charge in [-0.2, -0.15) is 5.10 Å². The maximum atomic E-state index is 4.74. The van der Waals surface area contributed by atoms with Gasteiger partial charge in [0.15, 0.2) is 0 Å². The van der Waals surface area contributed by atoms with Crippen LogP contribution in [0, 0.1) is 5.92 Å². The quantitative estimate of drug-likeness (QED) is 0.738. The van der Waals surface area contributed by atoms with Crippen LogP contribution in [0.4, 0.5) is 0 Å². The number of nitrogens with zero attached hydrogens (tertiary/aromatic N) is 2. The van der Waals surface area contributed by atoms with Crippen LogP contribution in [0.3, 0.4) is 0 Å². The van der Waals surface area contributed by atoms with Gasteiger partial charge >= 0.3 is 0 Å². The van der Waals surface area contributed by atoms with Gasteiger partial charge in [0, 0.05) is 12.2 Å². The van der Waals surface area contributed by atoms with Gasteiger partial charge in [0.2, 0.25) is 0 Å². The van der Waals surface area contributed by atoms with E-state index in [9.17, 15) is 0 Å². The first kappa shape index (κ1) is 14.6. The Bertz CT molecular complexity index is 364. The van der Waals surface area contributed by atoms with Gasteiger partial charge in [-0.05, 0) is 57.1 Å². The molecule has 1 aliphatic rings. The van der Waals surface area contributed by atoms with Gasteiger partial charge in [-0.1, -0.05) is 20.8 Å². The molecule has 0 aromatic carbocycles. The van der Waals surface area contributed by atoms with Gasteiger partial charge in [0.1, 0.15) is 0 Å². The number of nitrogens with one attached hydrogen (secondary N) is 1. The molecule has 0 saturated heterocycles. The largest absolute Gasteiger partial charge is 0.314 e. The fourth-order valence-electron chi connectivity index (χ4n) is 2.63. The second-order valence-corrected chi connectivity index (χ2v) is 6.08. The highest BCUT2D eigenvalue weighted by atomic mass is 15.3. The molecule has 0 amide bonds. The van der Waals surface area contributed by atoms with Gasteiger partial charge in [-0.3, -0.25) is 4.68 Å². The van der Waals surface area contributed by atoms with E-state index in [1.54, 1.807) is 0 Å². The van der Waals surface area contributed by atoms with Crippen molar-refractivity contribution >= 4 is 0 Å². The highest BCUT2D eigenvalue weighted by molar-refractivity contribution is 5.01. The standard InChI is InChI=1S/C16H29N3/c1-4-16(5-2)19-11-9-15(18-19)12-13(3)8-10-17-14-6-7-14/h9,11,13-14,16-17H,4-8,10,12H2,1-3H3. The van der Waals surface area contributed by atoms with E-state index < -0.39 is 0 Å². The fourth-order valence-corrected chi connectivity index (χ4v) is 2.63. The van der Waals surface area contributed by atoms with E-state index in [4.69, 9.17) is 5.10 Å². The molecule has 1 aromatic rings. The third kappa shape index (κ3) is 4.64. The molecule has 1 heterocycles. The Morgan fingerprint density at radius 2 is 2.11 bits per heavy atom. The third-order valence-corrected chi connectivity index (χ3v) is 4.19. The second-order valence-electron chi connectivity index (χ2n) is 6.08. The molecule has 0 radical (unpaired) electrons. The van der Waals surface area contributed by atoms with Crippen LogP contribution < -0.4 is 5.32 Å². The molecule has 108 valence electrons. The van der Waals surface area contributed by atoms with Gasteiger partial charge in [0.25, 0.3) is 0 Å². The van der Waals surface area contributed by atoms with Crippen LogP contribution in [0.25, 0.3) is 0 Å². The van der Waals surface area contributed by atoms with Gasteiger partial charge in [-0.25, -0.2) is 0 Å². The van der Waals surface area contributed by atoms with Gasteiger partial charge in [0.05, 0.1) is 11.7 Å². The highest BCUT2D eigenvalue weighted by Crippen LogP contribution is 2.19. The number of hydrogen-bond donors (Lipinski definition) is 1. The SMILES string of the molecule is CCC(CC)n1ccc(CC(C)CCNC2CC2)n1. The third-order valence-electron chi connectivity index (χ3n) is 4.19. The summed E-state index contributed by atoms with van der Waals surface area (Å²) in [5.41, 5.74) is 1.26. The predicted molar refractivity (Wildman–Crippen MR) is 80.4 cm³/mol. The van der Waals surface area contributed by atoms with Crippen molar-refractivity contribution in [1.29, 1.82) is 0 Å². The highest BCUT2D eigenvalue weighted by Gasteiger charge is 2.20. The lowest BCUT2D eigenvalue weighted by atomic mass is 10.0. The summed E-state index contributed by atoms with van der Waals surface area (Å²) in [6.45, 7) is 7.98. The topological polar surface area (TPSA) is 29.9 Å². The van der Waals surface area contributed by atoms with Crippen molar-refractivity contribution in [2.75, 3.05) is 6.54 Å². The van der Waals surface area contributed by atoms with E-state index in [-0.39, 0.29) is 0 Å². The molecule has 1 aromatic heterocycles. The molecule has 19 heavy (non-hydrogen) atoms. The molecule has 2 rings (SSSR count). The Morgan fingerprint density at radius 1 is 1.37 bits per heavy atom. The molecule has 1 atom stereocenters. The number of aromatic nitrogens is 2. The van der Waals surface area contributed by atoms with E-state index in [2.05, 4.69) is 43.0 Å². The van der Waals surface area contributed by atoms with E-state index in [0.29, 0.717) is 6.04 Å². The summed E-state index contributed by atoms with van der Waals surface area (Å²) in [5.74, 6) is 0.719. The summed E-state index contributed by atoms with van der Waals surface area (Å²) < 4.78 is 2.16. The summed E-state index contributed by atoms with van der Waals surface area (Å²) in [6, 6.07) is 3.60. The summed E-state index contributed by atoms with van der Waals surface area (Å²) in [4.78, 5) is 0. The number of rotatable bonds is 9. The summed E-state index contributed by atoms with van der Waals surface area (Å²) >= 11 is 0. The van der Waals surface area contributed by atoms with Crippen LogP contribution in [0.2, 0.25) is 0 Å². The van der Waals surface area contributed by atoms with Crippen LogP contribution in [0.1, 0.15) is 64.6 Å². The molecule has 1 fully saturated rings. The minimum Gasteiger partial charge on any atom is -0.314 e. The summed E-state index contributed by atoms with van der Waals surface area (Å²) in [6.07, 6.45) is 9.62. The van der Waals surface area contributed by atoms with Crippen molar-refractivity contribution in [1.82, 2.24) is 15.1 Å². The van der Waals surface area contributed by atoms with Crippen LogP contribution in [0.15, 0.2) is 12.3 Å². The van der Waals surface area contributed by atoms with Gasteiger partial charge in [-0.15, -0.1) is 0 Å². The van der Waals surface area contributed by atoms with Crippen molar-refractivity contribution in [3.63, 3.8) is 0 Å². The Balaban J connectivity index is 1.74. The zero-order valence-corrected chi connectivity index (χ0v) is 12.7. The molecule has 3 nitrogen and oxygen atoms in total. The molecule has 1 unspecified atom stereocenters. The van der Waals surface area contributed by atoms with Gasteiger partial charge < -0.3 is 5.32 Å². The van der Waals surface area contributed by atoms with E-state index in [0.717, 1.165) is 18.4 Å². The predicted octanol–water partition coefficient (Wildman–Crippen LogP) is 3.56. The lowest BCUT2D eigenvalue weighted by Gasteiger charge is -2.13. The van der Waals surface area contributed by atoms with Crippen molar-refractivity contribution in [3.05, 3.63) is 18.0 Å². The Kier molecular flexibility index (Phi) is 5.44. The Morgan fingerprint density at radius 3 is 2.74 bits per heavy atom. The lowest BCUT2D eigenvalue weighted by molar-refractivity contribution is 0.420. The molecule has 1 N–H and O–H groups in total. The number of hydrogen-bond acceptors (Lipinski definition) is 2. The Hall–Kier alpha value is -0.830. The van der Waals surface area contributed by atoms with Crippen molar-refractivity contribution < 1.29 is 0 Å². The zero-order chi connectivity index (χ0) is 13.7. The van der Waals surface area contributed by atoms with E-state index >= 15 is 0 Å². The normalized spacial score (nSPS) is 17.1. The van der Waals surface area contributed by atoms with Crippen molar-refractivity contribution in [2.24, 2.45) is 5.92 Å². The first-order chi connectivity index (χ1) is 9.22. The van der Waals surface area contributed by atoms with Crippen molar-refractivity contribution in [2.45, 2.75) is 71.4 Å². The van der Waals surface area contributed by atoms with Crippen LogP contribution >= 0.6 is 0 Å². The maximum absolute atomic E-state index is 4.74. The molecule has 0 aliphatic heterocycles. The Labute approximate surface area is 117 Å². The minimum absolute atomic E-state index is 0.570. The van der Waals surface area contributed by atoms with Crippen LogP contribution in [-0.2, 0) is 6.42 Å². The smallest absolute Gasteiger partial charge is 0.0627 e. The zero-order valence-electron chi connectivity index (χ0n) is 12.7. The lowest BCUT2D eigenvalue weighted by Crippen LogP contribution is -2.20. The average molecular weight is 263 g/mol. The maximum Gasteiger partial charge on any atom is 0.0627 e. The molecule has 3 heteroatoms. The van der Waals surface area contributed by atoms with Crippen LogP contribution in [0.5, 0.6) is 0 Å². The van der Waals surface area contributed by atoms with E-state index in [1.165, 1.54) is 44.3 Å². The first-order valence-electron chi connectivity index (χ1n) is 8.00. The minimum atomic E-state index is 0.570. The molecule has 1 aliphatic carbocycles. The summed E-state index contributed by atoms with van der Waals surface area (Å²) in [5, 5.41) is 8.33. The second kappa shape index (κ2) is 7.09. The average Bonchev–Trinajstić information content (AvgIpc) is 3.11. The van der Waals surface area contributed by atoms with Crippen LogP contribution in [-0.4, -0.2) is 22.4 Å². The van der Waals surface area contributed by atoms with E-state index in [1.807, 2.05) is 0 Å². The molecule has 0 bridgehead atoms. The van der Waals surface area contributed by atoms with Crippen molar-refractivity contribution in [3.8, 4) is 0 Å². The molecular weight excluding hydrogens is 234 g/mol. The summed E-state index contributed by atoms with van der Waals surface area (Å²) in [7, 11) is 0. The fraction of sp³-hybridized carbons (Fsp3) is 0.812.